The summed E-state index contributed by atoms with van der Waals surface area (Å²) in [6, 6.07) is 0. The number of aryl methyl sites for hydroxylation is 1. The van der Waals surface area contributed by atoms with Gasteiger partial charge in [0.1, 0.15) is 5.69 Å². The summed E-state index contributed by atoms with van der Waals surface area (Å²) in [7, 11) is 1.64. The number of hydrogen-bond donors (Lipinski definition) is 1. The fourth-order valence-corrected chi connectivity index (χ4v) is 1.99. The minimum absolute atomic E-state index is 0.210. The van der Waals surface area contributed by atoms with Crippen molar-refractivity contribution in [3.63, 3.8) is 0 Å². The van der Waals surface area contributed by atoms with Crippen LogP contribution < -0.4 is 5.32 Å². The molecule has 1 aromatic heterocycles. The molecular formula is C15H22N2O4. The van der Waals surface area contributed by atoms with Crippen molar-refractivity contribution < 1.29 is 19.1 Å². The van der Waals surface area contributed by atoms with Gasteiger partial charge in [-0.05, 0) is 40.2 Å². The van der Waals surface area contributed by atoms with Crippen LogP contribution in [0.25, 0.3) is 0 Å². The van der Waals surface area contributed by atoms with Crippen LogP contribution in [-0.2, 0) is 16.6 Å². The van der Waals surface area contributed by atoms with E-state index in [-0.39, 0.29) is 17.9 Å². The SMILES string of the molecule is CCOC(=O)c1c(C)c(C(=O)C(=O)NC(C)(C)C)cn1C. The summed E-state index contributed by atoms with van der Waals surface area (Å²) in [4.78, 5) is 36.0. The molecule has 1 amide bonds. The highest BCUT2D eigenvalue weighted by atomic mass is 16.5. The van der Waals surface area contributed by atoms with Crippen LogP contribution in [0.5, 0.6) is 0 Å². The van der Waals surface area contributed by atoms with E-state index in [1.165, 1.54) is 10.8 Å². The Labute approximate surface area is 124 Å². The zero-order valence-electron chi connectivity index (χ0n) is 13.4. The first-order valence-corrected chi connectivity index (χ1v) is 6.78. The smallest absolute Gasteiger partial charge is 0.355 e. The van der Waals surface area contributed by atoms with E-state index in [0.29, 0.717) is 5.56 Å². The second-order valence-electron chi connectivity index (χ2n) is 5.88. The van der Waals surface area contributed by atoms with Crippen LogP contribution in [0.1, 0.15) is 54.1 Å². The third-order valence-corrected chi connectivity index (χ3v) is 2.84. The molecule has 0 aliphatic carbocycles. The molecule has 6 nitrogen and oxygen atoms in total. The van der Waals surface area contributed by atoms with Crippen LogP contribution in [-0.4, -0.2) is 34.4 Å². The number of ether oxygens (including phenoxy) is 1. The minimum atomic E-state index is -0.688. The number of aromatic nitrogens is 1. The quantitative estimate of drug-likeness (QED) is 0.520. The summed E-state index contributed by atoms with van der Waals surface area (Å²) in [6.07, 6.45) is 1.48. The van der Waals surface area contributed by atoms with E-state index in [2.05, 4.69) is 5.32 Å². The minimum Gasteiger partial charge on any atom is -0.461 e. The van der Waals surface area contributed by atoms with Crippen molar-refractivity contribution in [3.8, 4) is 0 Å². The number of hydrogen-bond acceptors (Lipinski definition) is 4. The van der Waals surface area contributed by atoms with Gasteiger partial charge in [-0.1, -0.05) is 0 Å². The highest BCUT2D eigenvalue weighted by Gasteiger charge is 2.27. The molecule has 0 fully saturated rings. The molecule has 1 aromatic rings. The number of rotatable bonds is 4. The first kappa shape index (κ1) is 16.9. The lowest BCUT2D eigenvalue weighted by molar-refractivity contribution is -0.118. The third kappa shape index (κ3) is 3.93. The summed E-state index contributed by atoms with van der Waals surface area (Å²) < 4.78 is 6.46. The van der Waals surface area contributed by atoms with Crippen molar-refractivity contribution in [2.75, 3.05) is 6.61 Å². The number of Topliss-reactive ketones (excluding diaryl/α,β-unsaturated/α-hetero) is 1. The number of esters is 1. The predicted octanol–water partition coefficient (Wildman–Crippen LogP) is 1.61. The van der Waals surface area contributed by atoms with Gasteiger partial charge < -0.3 is 14.6 Å². The second kappa shape index (κ2) is 6.11. The Morgan fingerprint density at radius 1 is 1.29 bits per heavy atom. The molecule has 116 valence electrons. The van der Waals surface area contributed by atoms with Gasteiger partial charge in [-0.2, -0.15) is 0 Å². The molecule has 0 atom stereocenters. The zero-order chi connectivity index (χ0) is 16.4. The molecule has 0 aliphatic rings. The molecule has 0 unspecified atom stereocenters. The average molecular weight is 294 g/mol. The van der Waals surface area contributed by atoms with Gasteiger partial charge in [0.25, 0.3) is 11.7 Å². The van der Waals surface area contributed by atoms with Gasteiger partial charge in [0, 0.05) is 24.3 Å². The maximum Gasteiger partial charge on any atom is 0.355 e. The van der Waals surface area contributed by atoms with Gasteiger partial charge in [-0.25, -0.2) is 4.79 Å². The molecule has 0 bridgehead atoms. The van der Waals surface area contributed by atoms with Crippen molar-refractivity contribution in [1.29, 1.82) is 0 Å². The molecule has 0 radical (unpaired) electrons. The first-order chi connectivity index (χ1) is 9.58. The largest absolute Gasteiger partial charge is 0.461 e. The van der Waals surface area contributed by atoms with Crippen molar-refractivity contribution >= 4 is 17.7 Å². The highest BCUT2D eigenvalue weighted by molar-refractivity contribution is 6.43. The van der Waals surface area contributed by atoms with E-state index in [0.717, 1.165) is 0 Å². The number of nitrogens with one attached hydrogen (secondary N) is 1. The molecule has 1 rings (SSSR count). The summed E-state index contributed by atoms with van der Waals surface area (Å²) >= 11 is 0. The number of ketones is 1. The topological polar surface area (TPSA) is 77.4 Å². The maximum absolute atomic E-state index is 12.2. The van der Waals surface area contributed by atoms with Gasteiger partial charge in [-0.15, -0.1) is 0 Å². The van der Waals surface area contributed by atoms with Gasteiger partial charge in [0.05, 0.1) is 6.61 Å². The Bertz CT molecular complexity index is 579. The Kier molecular flexibility index (Phi) is 4.93. The molecular weight excluding hydrogens is 272 g/mol. The van der Waals surface area contributed by atoms with Crippen LogP contribution >= 0.6 is 0 Å². The van der Waals surface area contributed by atoms with Crippen molar-refractivity contribution in [2.45, 2.75) is 40.2 Å². The van der Waals surface area contributed by atoms with E-state index in [4.69, 9.17) is 4.74 Å². The standard InChI is InChI=1S/C15H22N2O4/c1-7-21-14(20)11-9(2)10(8-17(11)6)12(18)13(19)16-15(3,4)5/h8H,7H2,1-6H3,(H,16,19). The molecule has 0 aliphatic heterocycles. The predicted molar refractivity (Wildman–Crippen MR) is 78.3 cm³/mol. The number of amides is 1. The zero-order valence-corrected chi connectivity index (χ0v) is 13.4. The number of nitrogens with zero attached hydrogens (tertiary/aromatic N) is 1. The highest BCUT2D eigenvalue weighted by Crippen LogP contribution is 2.18. The molecule has 1 heterocycles. The number of carbonyl (C=O) groups is 3. The fourth-order valence-electron chi connectivity index (χ4n) is 1.99. The lowest BCUT2D eigenvalue weighted by atomic mass is 10.1. The molecule has 21 heavy (non-hydrogen) atoms. The summed E-state index contributed by atoms with van der Waals surface area (Å²) in [5, 5.41) is 2.61. The van der Waals surface area contributed by atoms with Crippen LogP contribution in [0.4, 0.5) is 0 Å². The van der Waals surface area contributed by atoms with Crippen LogP contribution in [0.15, 0.2) is 6.20 Å². The second-order valence-corrected chi connectivity index (χ2v) is 5.88. The van der Waals surface area contributed by atoms with Gasteiger partial charge in [0.2, 0.25) is 0 Å². The van der Waals surface area contributed by atoms with E-state index in [1.807, 2.05) is 0 Å². The molecule has 6 heteroatoms. The molecule has 0 spiro atoms. The molecule has 0 aromatic carbocycles. The Balaban J connectivity index is 3.10. The Morgan fingerprint density at radius 2 is 1.86 bits per heavy atom. The van der Waals surface area contributed by atoms with E-state index < -0.39 is 23.2 Å². The van der Waals surface area contributed by atoms with Crippen LogP contribution in [0.2, 0.25) is 0 Å². The Morgan fingerprint density at radius 3 is 2.33 bits per heavy atom. The third-order valence-electron chi connectivity index (χ3n) is 2.84. The van der Waals surface area contributed by atoms with Gasteiger partial charge in [0.15, 0.2) is 0 Å². The van der Waals surface area contributed by atoms with Crippen LogP contribution in [0, 0.1) is 6.92 Å². The Hall–Kier alpha value is -2.11. The average Bonchev–Trinajstić information content (AvgIpc) is 2.62. The van der Waals surface area contributed by atoms with Gasteiger partial charge in [-0.3, -0.25) is 9.59 Å². The summed E-state index contributed by atoms with van der Waals surface area (Å²) in [6.45, 7) is 8.96. The van der Waals surface area contributed by atoms with E-state index >= 15 is 0 Å². The summed E-state index contributed by atoms with van der Waals surface area (Å²) in [5.74, 6) is -1.85. The maximum atomic E-state index is 12.2. The monoisotopic (exact) mass is 294 g/mol. The van der Waals surface area contributed by atoms with Crippen molar-refractivity contribution in [1.82, 2.24) is 9.88 Å². The molecule has 1 N–H and O–H groups in total. The normalized spacial score (nSPS) is 11.1. The lowest BCUT2D eigenvalue weighted by Gasteiger charge is -2.19. The molecule has 0 saturated carbocycles. The van der Waals surface area contributed by atoms with Crippen LogP contribution in [0.3, 0.4) is 0 Å². The van der Waals surface area contributed by atoms with Crippen molar-refractivity contribution in [3.05, 3.63) is 23.0 Å². The summed E-state index contributed by atoms with van der Waals surface area (Å²) in [5.41, 5.74) is 0.440. The van der Waals surface area contributed by atoms with Crippen molar-refractivity contribution in [2.24, 2.45) is 7.05 Å². The van der Waals surface area contributed by atoms with E-state index in [9.17, 15) is 14.4 Å². The van der Waals surface area contributed by atoms with Gasteiger partial charge >= 0.3 is 5.97 Å². The van der Waals surface area contributed by atoms with E-state index in [1.54, 1.807) is 41.7 Å². The lowest BCUT2D eigenvalue weighted by Crippen LogP contribution is -2.44. The fraction of sp³-hybridized carbons (Fsp3) is 0.533. The first-order valence-electron chi connectivity index (χ1n) is 6.78. The molecule has 0 saturated heterocycles. The number of carbonyl (C=O) groups excluding carboxylic acids is 3.